The minimum atomic E-state index is -0.404. The lowest BCUT2D eigenvalue weighted by Crippen LogP contribution is -2.36. The zero-order valence-electron chi connectivity index (χ0n) is 21.4. The van der Waals surface area contributed by atoms with E-state index in [9.17, 15) is 9.59 Å². The molecule has 0 fully saturated rings. The maximum Gasteiger partial charge on any atom is 0.254 e. The highest BCUT2D eigenvalue weighted by atomic mass is 32.1. The molecule has 2 aromatic carbocycles. The summed E-state index contributed by atoms with van der Waals surface area (Å²) in [7, 11) is 3.22. The van der Waals surface area contributed by atoms with Gasteiger partial charge in [-0.25, -0.2) is 0 Å². The number of para-hydroxylation sites is 1. The molecule has 2 N–H and O–H groups in total. The fourth-order valence-corrected chi connectivity index (χ4v) is 6.17. The second kappa shape index (κ2) is 10.3. The molecule has 37 heavy (non-hydrogen) atoms. The Balaban J connectivity index is 1.51. The summed E-state index contributed by atoms with van der Waals surface area (Å²) < 4.78 is 10.9. The van der Waals surface area contributed by atoms with Crippen LogP contribution in [-0.4, -0.2) is 25.9 Å². The molecular weight excluding hydrogens is 484 g/mol. The average Bonchev–Trinajstić information content (AvgIpc) is 3.43. The van der Waals surface area contributed by atoms with Crippen molar-refractivity contribution in [1.29, 1.82) is 0 Å². The van der Waals surface area contributed by atoms with E-state index in [1.165, 1.54) is 0 Å². The van der Waals surface area contributed by atoms with E-state index in [2.05, 4.69) is 10.6 Å². The van der Waals surface area contributed by atoms with Crippen LogP contribution < -0.4 is 20.1 Å². The molecule has 1 aliphatic carbocycles. The molecule has 1 aliphatic heterocycles. The maximum atomic E-state index is 13.8. The van der Waals surface area contributed by atoms with Crippen LogP contribution in [0.4, 0.5) is 5.69 Å². The summed E-state index contributed by atoms with van der Waals surface area (Å²) in [4.78, 5) is 28.4. The molecule has 1 aromatic heterocycles. The van der Waals surface area contributed by atoms with Gasteiger partial charge in [0, 0.05) is 39.5 Å². The van der Waals surface area contributed by atoms with Gasteiger partial charge in [-0.05, 0) is 67.0 Å². The van der Waals surface area contributed by atoms with Gasteiger partial charge in [-0.15, -0.1) is 11.3 Å². The maximum absolute atomic E-state index is 13.8. The summed E-state index contributed by atoms with van der Waals surface area (Å²) in [5, 5.41) is 8.52. The largest absolute Gasteiger partial charge is 0.493 e. The minimum Gasteiger partial charge on any atom is -0.493 e. The first-order valence-corrected chi connectivity index (χ1v) is 13.2. The third-order valence-electron chi connectivity index (χ3n) is 7.17. The van der Waals surface area contributed by atoms with Crippen molar-refractivity contribution < 1.29 is 19.1 Å². The Bertz CT molecular complexity index is 1420. The Morgan fingerprint density at radius 2 is 1.78 bits per heavy atom. The van der Waals surface area contributed by atoms with E-state index < -0.39 is 5.92 Å². The minimum absolute atomic E-state index is 0.00214. The molecular formula is C30H30N2O4S. The fraction of sp³-hybridized carbons (Fsp3) is 0.267. The molecule has 0 unspecified atom stereocenters. The van der Waals surface area contributed by atoms with Crippen LogP contribution >= 0.6 is 11.3 Å². The number of dihydropyridines is 1. The number of amides is 1. The normalized spacial score (nSPS) is 19.3. The number of carbonyl (C=O) groups excluding carboxylic acids is 2. The van der Waals surface area contributed by atoms with Crippen molar-refractivity contribution in [1.82, 2.24) is 5.32 Å². The number of methoxy groups -OCH3 is 2. The number of hydrogen-bond acceptors (Lipinski definition) is 6. The summed E-state index contributed by atoms with van der Waals surface area (Å²) in [5.41, 5.74) is 5.71. The van der Waals surface area contributed by atoms with Crippen molar-refractivity contribution in [2.75, 3.05) is 19.5 Å². The quantitative estimate of drug-likeness (QED) is 0.417. The Hall–Kier alpha value is -3.84. The number of carbonyl (C=O) groups is 2. The first-order valence-electron chi connectivity index (χ1n) is 12.3. The van der Waals surface area contributed by atoms with E-state index >= 15 is 0 Å². The third kappa shape index (κ3) is 4.67. The van der Waals surface area contributed by atoms with Crippen LogP contribution in [0.3, 0.4) is 0 Å². The number of nitrogens with one attached hydrogen (secondary N) is 2. The lowest BCUT2D eigenvalue weighted by Gasteiger charge is -2.36. The van der Waals surface area contributed by atoms with Gasteiger partial charge in [-0.3, -0.25) is 9.59 Å². The van der Waals surface area contributed by atoms with Crippen LogP contribution in [0.2, 0.25) is 0 Å². The molecule has 0 spiro atoms. The van der Waals surface area contributed by atoms with Crippen LogP contribution in [0.25, 0.3) is 0 Å². The number of aryl methyl sites for hydroxylation is 1. The van der Waals surface area contributed by atoms with Gasteiger partial charge in [0.15, 0.2) is 17.3 Å². The van der Waals surface area contributed by atoms with Crippen molar-refractivity contribution in [2.45, 2.75) is 38.5 Å². The highest BCUT2D eigenvalue weighted by Gasteiger charge is 2.41. The number of Topliss-reactive ketones (excluding diaryl/α,β-unsaturated/α-hetero) is 1. The Morgan fingerprint density at radius 1 is 1.00 bits per heavy atom. The molecule has 7 heteroatoms. The number of ketones is 1. The number of rotatable bonds is 6. The molecule has 2 aliphatic rings. The van der Waals surface area contributed by atoms with E-state index in [-0.39, 0.29) is 17.6 Å². The van der Waals surface area contributed by atoms with Crippen molar-refractivity contribution >= 4 is 28.7 Å². The summed E-state index contributed by atoms with van der Waals surface area (Å²) >= 11 is 1.57. The number of anilines is 1. The predicted molar refractivity (Wildman–Crippen MR) is 146 cm³/mol. The smallest absolute Gasteiger partial charge is 0.254 e. The summed E-state index contributed by atoms with van der Waals surface area (Å²) in [5.74, 6) is 0.757. The molecule has 6 nitrogen and oxygen atoms in total. The SMILES string of the molecule is COc1ccc([C@@H]2CC(=O)C3=C(C2)NC(C)=C(C(=O)Nc2ccccc2C)[C@@H]3c2cccs2)cc1OC. The number of benzene rings is 2. The van der Waals surface area contributed by atoms with Crippen molar-refractivity contribution in [2.24, 2.45) is 0 Å². The topological polar surface area (TPSA) is 76.7 Å². The Morgan fingerprint density at radius 3 is 2.49 bits per heavy atom. The van der Waals surface area contributed by atoms with E-state index in [1.54, 1.807) is 25.6 Å². The Kier molecular flexibility index (Phi) is 6.89. The summed E-state index contributed by atoms with van der Waals surface area (Å²) in [6.45, 7) is 3.88. The van der Waals surface area contributed by atoms with Crippen LogP contribution in [0.5, 0.6) is 11.5 Å². The van der Waals surface area contributed by atoms with Gasteiger partial charge in [0.05, 0.1) is 20.1 Å². The van der Waals surface area contributed by atoms with Crippen LogP contribution in [0.15, 0.2) is 82.5 Å². The van der Waals surface area contributed by atoms with Crippen LogP contribution in [0, 0.1) is 6.92 Å². The lowest BCUT2D eigenvalue weighted by atomic mass is 9.73. The van der Waals surface area contributed by atoms with Gasteiger partial charge in [0.2, 0.25) is 0 Å². The van der Waals surface area contributed by atoms with Gasteiger partial charge in [0.25, 0.3) is 5.91 Å². The lowest BCUT2D eigenvalue weighted by molar-refractivity contribution is -0.116. The Labute approximate surface area is 221 Å². The number of allylic oxidation sites excluding steroid dienone is 3. The van der Waals surface area contributed by atoms with Crippen molar-refractivity contribution in [3.63, 3.8) is 0 Å². The zero-order valence-corrected chi connectivity index (χ0v) is 22.2. The second-order valence-electron chi connectivity index (χ2n) is 9.42. The van der Waals surface area contributed by atoms with Gasteiger partial charge in [0.1, 0.15) is 0 Å². The van der Waals surface area contributed by atoms with Gasteiger partial charge < -0.3 is 20.1 Å². The van der Waals surface area contributed by atoms with E-state index in [4.69, 9.17) is 9.47 Å². The van der Waals surface area contributed by atoms with Gasteiger partial charge in [-0.2, -0.15) is 0 Å². The molecule has 0 radical (unpaired) electrons. The van der Waals surface area contributed by atoms with Crippen LogP contribution in [0.1, 0.15) is 47.6 Å². The third-order valence-corrected chi connectivity index (χ3v) is 8.11. The van der Waals surface area contributed by atoms with E-state index in [0.29, 0.717) is 35.5 Å². The van der Waals surface area contributed by atoms with Gasteiger partial charge in [-0.1, -0.05) is 30.3 Å². The fourth-order valence-electron chi connectivity index (χ4n) is 5.33. The number of hydrogen-bond donors (Lipinski definition) is 2. The molecule has 5 rings (SSSR count). The molecule has 0 bridgehead atoms. The highest BCUT2D eigenvalue weighted by molar-refractivity contribution is 7.10. The monoisotopic (exact) mass is 514 g/mol. The van der Waals surface area contributed by atoms with E-state index in [1.807, 2.05) is 73.8 Å². The molecule has 2 atom stereocenters. The van der Waals surface area contributed by atoms with Crippen LogP contribution in [-0.2, 0) is 9.59 Å². The first kappa shape index (κ1) is 24.8. The molecule has 1 amide bonds. The van der Waals surface area contributed by atoms with Gasteiger partial charge >= 0.3 is 0 Å². The molecule has 3 aromatic rings. The molecule has 2 heterocycles. The molecule has 190 valence electrons. The average molecular weight is 515 g/mol. The molecule has 0 saturated heterocycles. The zero-order chi connectivity index (χ0) is 26.1. The summed E-state index contributed by atoms with van der Waals surface area (Å²) in [6.07, 6.45) is 1.03. The molecule has 0 saturated carbocycles. The summed E-state index contributed by atoms with van der Waals surface area (Å²) in [6, 6.07) is 17.5. The van der Waals surface area contributed by atoms with Crippen molar-refractivity contribution in [3.05, 3.63) is 98.5 Å². The second-order valence-corrected chi connectivity index (χ2v) is 10.4. The first-order chi connectivity index (χ1) is 17.9. The van der Waals surface area contributed by atoms with Crippen molar-refractivity contribution in [3.8, 4) is 11.5 Å². The number of ether oxygens (including phenoxy) is 2. The standard InChI is InChI=1S/C30H30N2O4S/c1-17-8-5-6-9-21(17)32-30(34)27-18(2)31-22-14-20(19-11-12-24(35-3)25(16-19)36-4)15-23(33)28(22)29(27)26-10-7-13-37-26/h5-13,16,20,29,31H,14-15H2,1-4H3,(H,32,34)/t20-,29-/m0/s1. The predicted octanol–water partition coefficient (Wildman–Crippen LogP) is 6.07. The highest BCUT2D eigenvalue weighted by Crippen LogP contribution is 2.47. The number of thiophene rings is 1. The van der Waals surface area contributed by atoms with E-state index in [0.717, 1.165) is 33.1 Å².